The van der Waals surface area contributed by atoms with Crippen LogP contribution in [0.3, 0.4) is 0 Å². The van der Waals surface area contributed by atoms with Crippen molar-refractivity contribution in [1.82, 2.24) is 9.47 Å². The van der Waals surface area contributed by atoms with E-state index in [1.807, 2.05) is 27.7 Å². The van der Waals surface area contributed by atoms with Crippen LogP contribution >= 0.6 is 0 Å². The first-order valence-electron chi connectivity index (χ1n) is 9.89. The summed E-state index contributed by atoms with van der Waals surface area (Å²) < 4.78 is 7.46. The van der Waals surface area contributed by atoms with Crippen LogP contribution in [0.1, 0.15) is 35.6 Å². The van der Waals surface area contributed by atoms with Crippen molar-refractivity contribution >= 4 is 5.91 Å². The van der Waals surface area contributed by atoms with E-state index in [9.17, 15) is 9.59 Å². The van der Waals surface area contributed by atoms with Crippen molar-refractivity contribution in [3.63, 3.8) is 0 Å². The van der Waals surface area contributed by atoms with Gasteiger partial charge in [0.05, 0.1) is 6.61 Å². The molecule has 0 radical (unpaired) electrons. The van der Waals surface area contributed by atoms with E-state index in [1.54, 1.807) is 6.07 Å². The quantitative estimate of drug-likeness (QED) is 0.840. The van der Waals surface area contributed by atoms with Gasteiger partial charge >= 0.3 is 0 Å². The molecule has 2 atom stereocenters. The zero-order valence-corrected chi connectivity index (χ0v) is 15.4. The number of amides is 1. The molecule has 0 N–H and O–H groups in total. The van der Waals surface area contributed by atoms with Crippen molar-refractivity contribution in [2.75, 3.05) is 19.7 Å². The minimum atomic E-state index is 0.0857. The van der Waals surface area contributed by atoms with E-state index in [0.717, 1.165) is 56.9 Å². The Labute approximate surface area is 158 Å². The third-order valence-electron chi connectivity index (χ3n) is 6.21. The molecule has 0 unspecified atom stereocenters. The Bertz CT molecular complexity index is 949. The smallest absolute Gasteiger partial charge is 0.250 e. The summed E-state index contributed by atoms with van der Waals surface area (Å²) in [5, 5.41) is 0. The predicted octanol–water partition coefficient (Wildman–Crippen LogP) is 2.36. The second-order valence-electron chi connectivity index (χ2n) is 8.04. The van der Waals surface area contributed by atoms with E-state index < -0.39 is 0 Å². The predicted molar refractivity (Wildman–Crippen MR) is 102 cm³/mol. The molecule has 140 valence electrons. The zero-order chi connectivity index (χ0) is 18.4. The van der Waals surface area contributed by atoms with Gasteiger partial charge in [-0.2, -0.15) is 0 Å². The summed E-state index contributed by atoms with van der Waals surface area (Å²) in [7, 11) is 0. The number of aromatic nitrogens is 1. The number of ether oxygens (including phenoxy) is 1. The first-order valence-corrected chi connectivity index (χ1v) is 9.89. The van der Waals surface area contributed by atoms with E-state index in [0.29, 0.717) is 12.3 Å². The molecule has 1 aromatic carbocycles. The summed E-state index contributed by atoms with van der Waals surface area (Å²) in [4.78, 5) is 27.0. The number of piperidine rings is 1. The van der Waals surface area contributed by atoms with Crippen LogP contribution in [0, 0.1) is 5.92 Å². The number of pyridine rings is 1. The summed E-state index contributed by atoms with van der Waals surface area (Å²) in [6, 6.07) is 11.8. The first-order chi connectivity index (χ1) is 13.2. The number of likely N-dealkylation sites (tertiary alicyclic amines) is 1. The third-order valence-corrected chi connectivity index (χ3v) is 6.21. The maximum atomic E-state index is 12.8. The molecule has 27 heavy (non-hydrogen) atoms. The van der Waals surface area contributed by atoms with Crippen molar-refractivity contribution in [2.45, 2.75) is 38.1 Å². The standard InChI is InChI=1S/C22H24N2O3/c25-21(7-5-15-4-6-20-17(10-15)8-9-27-20)23-12-16-11-18(14-23)19-2-1-3-22(26)24(19)13-16/h1-4,6,10,16,18H,5,7-9,11-14H2/t16-,18+/m1/s1. The second kappa shape index (κ2) is 6.55. The molecule has 1 saturated heterocycles. The minimum Gasteiger partial charge on any atom is -0.493 e. The van der Waals surface area contributed by atoms with Crippen LogP contribution < -0.4 is 10.3 Å². The van der Waals surface area contributed by atoms with Crippen molar-refractivity contribution in [3.05, 3.63) is 63.6 Å². The highest BCUT2D eigenvalue weighted by Gasteiger charge is 2.35. The second-order valence-corrected chi connectivity index (χ2v) is 8.04. The molecule has 5 rings (SSSR count). The number of hydrogen-bond donors (Lipinski definition) is 0. The van der Waals surface area contributed by atoms with E-state index in [-0.39, 0.29) is 17.4 Å². The maximum absolute atomic E-state index is 12.8. The minimum absolute atomic E-state index is 0.0857. The Balaban J connectivity index is 1.26. The van der Waals surface area contributed by atoms with Gasteiger partial charge in [-0.05, 0) is 42.0 Å². The number of nitrogens with zero attached hydrogens (tertiary/aromatic N) is 2. The van der Waals surface area contributed by atoms with E-state index >= 15 is 0 Å². The number of fused-ring (bicyclic) bond motifs is 5. The van der Waals surface area contributed by atoms with Crippen molar-refractivity contribution in [1.29, 1.82) is 0 Å². The molecule has 1 aromatic heterocycles. The lowest BCUT2D eigenvalue weighted by Gasteiger charge is -2.42. The normalized spacial score (nSPS) is 22.7. The van der Waals surface area contributed by atoms with Gasteiger partial charge in [0.2, 0.25) is 5.91 Å². The van der Waals surface area contributed by atoms with Crippen LogP contribution in [-0.4, -0.2) is 35.1 Å². The van der Waals surface area contributed by atoms with Crippen molar-refractivity contribution in [3.8, 4) is 5.75 Å². The summed E-state index contributed by atoms with van der Waals surface area (Å²) in [5.41, 5.74) is 3.65. The lowest BCUT2D eigenvalue weighted by molar-refractivity contribution is -0.133. The molecule has 5 nitrogen and oxygen atoms in total. The largest absolute Gasteiger partial charge is 0.493 e. The van der Waals surface area contributed by atoms with E-state index in [1.165, 1.54) is 11.1 Å². The van der Waals surface area contributed by atoms with E-state index in [2.05, 4.69) is 12.1 Å². The van der Waals surface area contributed by atoms with Gasteiger partial charge in [0.15, 0.2) is 0 Å². The zero-order valence-electron chi connectivity index (χ0n) is 15.4. The number of benzene rings is 1. The fourth-order valence-electron chi connectivity index (χ4n) is 4.90. The molecule has 5 heteroatoms. The Morgan fingerprint density at radius 1 is 1.15 bits per heavy atom. The fraction of sp³-hybridized carbons (Fsp3) is 0.455. The van der Waals surface area contributed by atoms with Gasteiger partial charge in [0.1, 0.15) is 5.75 Å². The molecule has 0 aliphatic carbocycles. The van der Waals surface area contributed by atoms with Gasteiger partial charge in [-0.3, -0.25) is 9.59 Å². The van der Waals surface area contributed by atoms with Gasteiger partial charge in [-0.15, -0.1) is 0 Å². The fourth-order valence-corrected chi connectivity index (χ4v) is 4.90. The maximum Gasteiger partial charge on any atom is 0.250 e. The van der Waals surface area contributed by atoms with Crippen LogP contribution in [-0.2, 0) is 24.2 Å². The molecule has 2 bridgehead atoms. The highest BCUT2D eigenvalue weighted by Crippen LogP contribution is 2.35. The summed E-state index contributed by atoms with van der Waals surface area (Å²) in [6.45, 7) is 3.00. The van der Waals surface area contributed by atoms with Gasteiger partial charge in [0, 0.05) is 50.2 Å². The van der Waals surface area contributed by atoms with Crippen LogP contribution in [0.15, 0.2) is 41.2 Å². The summed E-state index contributed by atoms with van der Waals surface area (Å²) in [5.74, 6) is 1.89. The molecule has 3 aliphatic heterocycles. The Morgan fingerprint density at radius 3 is 3.00 bits per heavy atom. The lowest BCUT2D eigenvalue weighted by atomic mass is 9.83. The van der Waals surface area contributed by atoms with Crippen LogP contribution in [0.2, 0.25) is 0 Å². The Morgan fingerprint density at radius 2 is 2.07 bits per heavy atom. The third kappa shape index (κ3) is 3.05. The topological polar surface area (TPSA) is 51.5 Å². The summed E-state index contributed by atoms with van der Waals surface area (Å²) >= 11 is 0. The van der Waals surface area contributed by atoms with Gasteiger partial charge < -0.3 is 14.2 Å². The average Bonchev–Trinajstić information content (AvgIpc) is 3.14. The number of carbonyl (C=O) groups is 1. The van der Waals surface area contributed by atoms with Crippen LogP contribution in [0.25, 0.3) is 0 Å². The number of aryl methyl sites for hydroxylation is 1. The molecular weight excluding hydrogens is 340 g/mol. The SMILES string of the molecule is O=C(CCc1ccc2c(c1)CCO2)N1C[C@H]2C[C@@H](C1)c1cccc(=O)n1C2. The van der Waals surface area contributed by atoms with Gasteiger partial charge in [-0.25, -0.2) is 0 Å². The lowest BCUT2D eigenvalue weighted by Crippen LogP contribution is -2.49. The molecule has 4 heterocycles. The van der Waals surface area contributed by atoms with Crippen LogP contribution in [0.5, 0.6) is 5.75 Å². The average molecular weight is 364 g/mol. The Kier molecular flexibility index (Phi) is 4.03. The number of carbonyl (C=O) groups excluding carboxylic acids is 1. The van der Waals surface area contributed by atoms with Crippen molar-refractivity contribution < 1.29 is 9.53 Å². The van der Waals surface area contributed by atoms with E-state index in [4.69, 9.17) is 4.74 Å². The molecule has 2 aromatic rings. The monoisotopic (exact) mass is 364 g/mol. The van der Waals surface area contributed by atoms with Gasteiger partial charge in [-0.1, -0.05) is 18.2 Å². The molecule has 0 saturated carbocycles. The summed E-state index contributed by atoms with van der Waals surface area (Å²) in [6.07, 6.45) is 3.36. The number of hydrogen-bond acceptors (Lipinski definition) is 3. The first kappa shape index (κ1) is 16.6. The highest BCUT2D eigenvalue weighted by atomic mass is 16.5. The molecular formula is C22H24N2O3. The molecule has 1 amide bonds. The molecule has 3 aliphatic rings. The van der Waals surface area contributed by atoms with Gasteiger partial charge in [0.25, 0.3) is 5.56 Å². The molecule has 0 spiro atoms. The Hall–Kier alpha value is -2.56. The van der Waals surface area contributed by atoms with Crippen LogP contribution in [0.4, 0.5) is 0 Å². The molecule has 1 fully saturated rings. The highest BCUT2D eigenvalue weighted by molar-refractivity contribution is 5.76. The van der Waals surface area contributed by atoms with Crippen molar-refractivity contribution in [2.24, 2.45) is 5.92 Å². The number of rotatable bonds is 3.